The molecule has 0 radical (unpaired) electrons. The minimum absolute atomic E-state index is 0.0443. The van der Waals surface area contributed by atoms with Gasteiger partial charge >= 0.3 is 6.18 Å². The Morgan fingerprint density at radius 2 is 1.81 bits per heavy atom. The van der Waals surface area contributed by atoms with Crippen molar-refractivity contribution in [2.75, 3.05) is 13.2 Å². The Morgan fingerprint density at radius 3 is 2.46 bits per heavy atom. The number of alkyl halides is 3. The van der Waals surface area contributed by atoms with Gasteiger partial charge in [-0.25, -0.2) is 0 Å². The van der Waals surface area contributed by atoms with Crippen LogP contribution in [-0.4, -0.2) is 27.7 Å². The highest BCUT2D eigenvalue weighted by Crippen LogP contribution is 2.38. The second-order valence-electron chi connectivity index (χ2n) is 5.40. The number of hydrogen-bond acceptors (Lipinski definition) is 5. The summed E-state index contributed by atoms with van der Waals surface area (Å²) in [5.74, 6) is 0.0470. The lowest BCUT2D eigenvalue weighted by Gasteiger charge is -2.26. The van der Waals surface area contributed by atoms with Gasteiger partial charge in [-0.05, 0) is 42.5 Å². The van der Waals surface area contributed by atoms with Crippen molar-refractivity contribution in [2.45, 2.75) is 17.2 Å². The first-order valence-corrected chi connectivity index (χ1v) is 9.51. The first-order valence-electron chi connectivity index (χ1n) is 7.31. The number of ether oxygens (including phenoxy) is 2. The quantitative estimate of drug-likeness (QED) is 0.655. The molecule has 0 amide bonds. The molecule has 0 N–H and O–H groups in total. The van der Waals surface area contributed by atoms with Crippen molar-refractivity contribution in [2.24, 2.45) is 0 Å². The van der Waals surface area contributed by atoms with Crippen LogP contribution in [0.1, 0.15) is 5.56 Å². The van der Waals surface area contributed by atoms with E-state index in [0.717, 1.165) is 18.2 Å². The van der Waals surface area contributed by atoms with Crippen LogP contribution in [0.3, 0.4) is 0 Å². The summed E-state index contributed by atoms with van der Waals surface area (Å²) in [7, 11) is -4.02. The second-order valence-corrected chi connectivity index (χ2v) is 7.93. The molecule has 10 heteroatoms. The minimum atomic E-state index is -4.52. The first kappa shape index (κ1) is 19.0. The number of rotatable bonds is 4. The smallest absolute Gasteiger partial charge is 0.416 e. The molecule has 2 aromatic rings. The van der Waals surface area contributed by atoms with Crippen molar-refractivity contribution < 1.29 is 35.2 Å². The highest BCUT2D eigenvalue weighted by molar-refractivity contribution is 9.10. The molecule has 5 nitrogen and oxygen atoms in total. The van der Waals surface area contributed by atoms with Gasteiger partial charge in [-0.1, -0.05) is 15.9 Å². The van der Waals surface area contributed by atoms with Crippen molar-refractivity contribution in [3.8, 4) is 11.5 Å². The Balaban J connectivity index is 1.68. The SMILES string of the molecule is O=S(=O)(OC[C@H]1COc2ccc(C(F)(F)F)cc2O1)c1ccc(Br)cc1. The van der Waals surface area contributed by atoms with E-state index in [1.54, 1.807) is 12.1 Å². The molecule has 0 aromatic heterocycles. The summed E-state index contributed by atoms with van der Waals surface area (Å²) in [5.41, 5.74) is -0.885. The van der Waals surface area contributed by atoms with Crippen molar-refractivity contribution >= 4 is 26.0 Å². The van der Waals surface area contributed by atoms with E-state index >= 15 is 0 Å². The summed E-state index contributed by atoms with van der Waals surface area (Å²) in [6.07, 6.45) is -5.39. The van der Waals surface area contributed by atoms with Crippen LogP contribution in [0.2, 0.25) is 0 Å². The van der Waals surface area contributed by atoms with E-state index in [0.29, 0.717) is 4.47 Å². The average Bonchev–Trinajstić information content (AvgIpc) is 2.59. The van der Waals surface area contributed by atoms with E-state index in [4.69, 9.17) is 13.7 Å². The van der Waals surface area contributed by atoms with Crippen LogP contribution in [0.4, 0.5) is 13.2 Å². The molecule has 140 valence electrons. The molecular weight excluding hydrogens is 441 g/mol. The standard InChI is InChI=1S/C16H12BrF3O5S/c17-11-2-4-13(5-3-11)26(21,22)24-9-12-8-23-14-6-1-10(16(18,19)20)7-15(14)25-12/h1-7,12H,8-9H2/t12-/m1/s1. The van der Waals surface area contributed by atoms with Crippen molar-refractivity contribution in [3.63, 3.8) is 0 Å². The third kappa shape index (κ3) is 4.30. The Labute approximate surface area is 155 Å². The fourth-order valence-corrected chi connectivity index (χ4v) is 3.41. The van der Waals surface area contributed by atoms with E-state index in [-0.39, 0.29) is 23.0 Å². The van der Waals surface area contributed by atoms with Crippen LogP contribution < -0.4 is 9.47 Å². The molecule has 0 unspecified atom stereocenters. The van der Waals surface area contributed by atoms with Crippen molar-refractivity contribution in [3.05, 3.63) is 52.5 Å². The van der Waals surface area contributed by atoms with E-state index in [1.165, 1.54) is 12.1 Å². The highest BCUT2D eigenvalue weighted by atomic mass is 79.9. The Morgan fingerprint density at radius 1 is 1.12 bits per heavy atom. The largest absolute Gasteiger partial charge is 0.486 e. The van der Waals surface area contributed by atoms with Crippen molar-refractivity contribution in [1.82, 2.24) is 0 Å². The van der Waals surface area contributed by atoms with Crippen LogP contribution in [0.25, 0.3) is 0 Å². The predicted octanol–water partition coefficient (Wildman–Crippen LogP) is 4.01. The maximum Gasteiger partial charge on any atom is 0.416 e. The zero-order chi connectivity index (χ0) is 18.9. The molecule has 0 spiro atoms. The molecule has 1 aliphatic rings. The van der Waals surface area contributed by atoms with Crippen LogP contribution >= 0.6 is 15.9 Å². The minimum Gasteiger partial charge on any atom is -0.486 e. The molecule has 0 saturated carbocycles. The molecule has 3 rings (SSSR count). The van der Waals surface area contributed by atoms with E-state index in [9.17, 15) is 21.6 Å². The van der Waals surface area contributed by atoms with Gasteiger partial charge in [0, 0.05) is 4.47 Å². The monoisotopic (exact) mass is 452 g/mol. The normalized spacial score (nSPS) is 17.2. The fraction of sp³-hybridized carbons (Fsp3) is 0.250. The third-order valence-electron chi connectivity index (χ3n) is 3.50. The summed E-state index contributed by atoms with van der Waals surface area (Å²) in [6.45, 7) is -0.442. The van der Waals surface area contributed by atoms with Gasteiger partial charge in [0.05, 0.1) is 10.5 Å². The average molecular weight is 453 g/mol. The summed E-state index contributed by atoms with van der Waals surface area (Å²) >= 11 is 3.20. The van der Waals surface area contributed by atoms with Gasteiger partial charge in [-0.2, -0.15) is 21.6 Å². The molecule has 0 saturated heterocycles. The number of benzene rings is 2. The van der Waals surface area contributed by atoms with E-state index in [2.05, 4.69) is 15.9 Å². The van der Waals surface area contributed by atoms with Gasteiger partial charge in [0.15, 0.2) is 17.6 Å². The topological polar surface area (TPSA) is 61.8 Å². The van der Waals surface area contributed by atoms with Crippen LogP contribution in [-0.2, 0) is 20.5 Å². The van der Waals surface area contributed by atoms with Gasteiger partial charge in [0.2, 0.25) is 0 Å². The molecular formula is C16H12BrF3O5S. The molecule has 1 aliphatic heterocycles. The number of hydrogen-bond donors (Lipinski definition) is 0. The van der Waals surface area contributed by atoms with E-state index in [1.807, 2.05) is 0 Å². The maximum atomic E-state index is 12.8. The third-order valence-corrected chi connectivity index (χ3v) is 5.33. The second kappa shape index (κ2) is 7.09. The van der Waals surface area contributed by atoms with Crippen LogP contribution in [0, 0.1) is 0 Å². The van der Waals surface area contributed by atoms with Gasteiger partial charge in [-0.15, -0.1) is 0 Å². The molecule has 1 atom stereocenters. The van der Waals surface area contributed by atoms with Gasteiger partial charge in [-0.3, -0.25) is 4.18 Å². The van der Waals surface area contributed by atoms with Crippen LogP contribution in [0.15, 0.2) is 51.8 Å². The lowest BCUT2D eigenvalue weighted by molar-refractivity contribution is -0.137. The molecule has 0 fully saturated rings. The van der Waals surface area contributed by atoms with Gasteiger partial charge in [0.1, 0.15) is 13.2 Å². The lowest BCUT2D eigenvalue weighted by Crippen LogP contribution is -2.34. The van der Waals surface area contributed by atoms with Gasteiger partial charge < -0.3 is 9.47 Å². The predicted molar refractivity (Wildman–Crippen MR) is 88.6 cm³/mol. The molecule has 0 aliphatic carbocycles. The van der Waals surface area contributed by atoms with Gasteiger partial charge in [0.25, 0.3) is 10.1 Å². The molecule has 26 heavy (non-hydrogen) atoms. The Kier molecular flexibility index (Phi) is 5.18. The lowest BCUT2D eigenvalue weighted by atomic mass is 10.2. The van der Waals surface area contributed by atoms with E-state index < -0.39 is 34.6 Å². The fourth-order valence-electron chi connectivity index (χ4n) is 2.21. The molecule has 1 heterocycles. The van der Waals surface area contributed by atoms with Crippen LogP contribution in [0.5, 0.6) is 11.5 Å². The number of halogens is 4. The summed E-state index contributed by atoms with van der Waals surface area (Å²) < 4.78 is 78.9. The summed E-state index contributed by atoms with van der Waals surface area (Å²) in [5, 5.41) is 0. The first-order chi connectivity index (χ1) is 12.1. The number of fused-ring (bicyclic) bond motifs is 1. The summed E-state index contributed by atoms with van der Waals surface area (Å²) in [4.78, 5) is -0.0443. The molecule has 2 aromatic carbocycles. The van der Waals surface area contributed by atoms with Crippen molar-refractivity contribution in [1.29, 1.82) is 0 Å². The Hall–Kier alpha value is -1.78. The maximum absolute atomic E-state index is 12.8. The summed E-state index contributed by atoms with van der Waals surface area (Å²) in [6, 6.07) is 8.68. The Bertz CT molecular complexity index is 897. The zero-order valence-electron chi connectivity index (χ0n) is 13.0. The highest BCUT2D eigenvalue weighted by Gasteiger charge is 2.33. The zero-order valence-corrected chi connectivity index (χ0v) is 15.4. The molecule has 0 bridgehead atoms.